The van der Waals surface area contributed by atoms with E-state index in [4.69, 9.17) is 16.2 Å². The Morgan fingerprint density at radius 3 is 2.42 bits per heavy atom. The van der Waals surface area contributed by atoms with E-state index in [2.05, 4.69) is 4.98 Å². The van der Waals surface area contributed by atoms with Crippen molar-refractivity contribution < 1.29 is 19.1 Å². The van der Waals surface area contributed by atoms with Crippen LogP contribution in [0, 0.1) is 0 Å². The van der Waals surface area contributed by atoms with E-state index in [1.807, 2.05) is 36.4 Å². The number of fused-ring (bicyclic) bond motifs is 2. The van der Waals surface area contributed by atoms with Crippen LogP contribution < -0.4 is 11.5 Å². The van der Waals surface area contributed by atoms with Gasteiger partial charge in [0.15, 0.2) is 0 Å². The van der Waals surface area contributed by atoms with E-state index in [-0.39, 0.29) is 31.1 Å². The van der Waals surface area contributed by atoms with E-state index in [1.165, 1.54) is 4.90 Å². The van der Waals surface area contributed by atoms with E-state index in [9.17, 15) is 14.4 Å². The maximum absolute atomic E-state index is 13.7. The van der Waals surface area contributed by atoms with Crippen molar-refractivity contribution in [3.05, 3.63) is 100 Å². The lowest BCUT2D eigenvalue weighted by Crippen LogP contribution is -2.53. The predicted molar refractivity (Wildman–Crippen MR) is 132 cm³/mol. The molecule has 2 heterocycles. The second kappa shape index (κ2) is 9.20. The molecular weight excluding hydrogens is 456 g/mol. The van der Waals surface area contributed by atoms with Gasteiger partial charge in [0.2, 0.25) is 5.60 Å². The quantitative estimate of drug-likeness (QED) is 0.536. The van der Waals surface area contributed by atoms with Crippen LogP contribution in [0.5, 0.6) is 0 Å². The minimum Gasteiger partial charge on any atom is -0.442 e. The summed E-state index contributed by atoms with van der Waals surface area (Å²) in [6, 6.07) is 18.8. The number of amides is 2. The largest absolute Gasteiger partial charge is 0.442 e. The van der Waals surface area contributed by atoms with Gasteiger partial charge in [-0.15, -0.1) is 0 Å². The first-order chi connectivity index (χ1) is 17.3. The lowest BCUT2D eigenvalue weighted by molar-refractivity contribution is -0.173. The summed E-state index contributed by atoms with van der Waals surface area (Å²) in [5.74, 6) is -1.80. The Hall–Kier alpha value is -4.04. The van der Waals surface area contributed by atoms with Gasteiger partial charge in [-0.05, 0) is 42.2 Å². The van der Waals surface area contributed by atoms with Crippen molar-refractivity contribution in [1.29, 1.82) is 0 Å². The van der Waals surface area contributed by atoms with Gasteiger partial charge in [0.1, 0.15) is 11.7 Å². The van der Waals surface area contributed by atoms with Gasteiger partial charge < -0.3 is 21.1 Å². The SMILES string of the molecule is CC(N)c1cccc(C(=O)N2Cc3ccccc3CC2C(=O)OC2(C(N)=O)CCc3ccccc32)n1. The van der Waals surface area contributed by atoms with Gasteiger partial charge in [-0.3, -0.25) is 9.59 Å². The highest BCUT2D eigenvalue weighted by atomic mass is 16.6. The van der Waals surface area contributed by atoms with E-state index >= 15 is 0 Å². The number of esters is 1. The Kier molecular flexibility index (Phi) is 6.05. The summed E-state index contributed by atoms with van der Waals surface area (Å²) in [6.45, 7) is 2.00. The van der Waals surface area contributed by atoms with Gasteiger partial charge in [-0.25, -0.2) is 9.78 Å². The highest BCUT2D eigenvalue weighted by Crippen LogP contribution is 2.41. The molecule has 0 saturated heterocycles. The third-order valence-corrected chi connectivity index (χ3v) is 7.11. The summed E-state index contributed by atoms with van der Waals surface area (Å²) in [5.41, 5.74) is 14.4. The molecule has 0 spiro atoms. The van der Waals surface area contributed by atoms with Crippen molar-refractivity contribution in [2.24, 2.45) is 11.5 Å². The number of pyridine rings is 1. The molecule has 2 aromatic carbocycles. The summed E-state index contributed by atoms with van der Waals surface area (Å²) in [7, 11) is 0. The zero-order valence-corrected chi connectivity index (χ0v) is 20.0. The second-order valence-electron chi connectivity index (χ2n) is 9.43. The third-order valence-electron chi connectivity index (χ3n) is 7.11. The van der Waals surface area contributed by atoms with Crippen LogP contribution in [-0.2, 0) is 39.3 Å². The molecule has 1 aromatic heterocycles. The number of carbonyl (C=O) groups excluding carboxylic acids is 3. The van der Waals surface area contributed by atoms with Gasteiger partial charge >= 0.3 is 5.97 Å². The molecule has 3 unspecified atom stereocenters. The van der Waals surface area contributed by atoms with Crippen molar-refractivity contribution in [3.8, 4) is 0 Å². The molecule has 0 radical (unpaired) electrons. The number of hydrogen-bond donors (Lipinski definition) is 2. The van der Waals surface area contributed by atoms with Gasteiger partial charge in [0.25, 0.3) is 11.8 Å². The van der Waals surface area contributed by atoms with Crippen LogP contribution in [0.3, 0.4) is 0 Å². The molecule has 8 nitrogen and oxygen atoms in total. The zero-order valence-electron chi connectivity index (χ0n) is 20.0. The molecule has 2 aliphatic rings. The summed E-state index contributed by atoms with van der Waals surface area (Å²) in [5, 5.41) is 0. The van der Waals surface area contributed by atoms with Crippen molar-refractivity contribution in [2.75, 3.05) is 0 Å². The molecule has 2 amide bonds. The highest BCUT2D eigenvalue weighted by molar-refractivity contribution is 5.96. The summed E-state index contributed by atoms with van der Waals surface area (Å²) in [4.78, 5) is 46.0. The first kappa shape index (κ1) is 23.7. The maximum Gasteiger partial charge on any atom is 0.330 e. The fraction of sp³-hybridized carbons (Fsp3) is 0.286. The number of nitrogens with zero attached hydrogens (tertiary/aromatic N) is 2. The van der Waals surface area contributed by atoms with E-state index in [1.54, 1.807) is 37.3 Å². The first-order valence-electron chi connectivity index (χ1n) is 12.0. The van der Waals surface area contributed by atoms with Crippen LogP contribution in [-0.4, -0.2) is 33.7 Å². The average Bonchev–Trinajstić information content (AvgIpc) is 3.27. The van der Waals surface area contributed by atoms with Crippen molar-refractivity contribution in [2.45, 2.75) is 50.4 Å². The molecule has 5 rings (SSSR count). The minimum absolute atomic E-state index is 0.192. The monoisotopic (exact) mass is 484 g/mol. The van der Waals surface area contributed by atoms with Crippen LogP contribution in [0.1, 0.15) is 57.8 Å². The number of aromatic nitrogens is 1. The summed E-state index contributed by atoms with van der Waals surface area (Å²) in [6.07, 6.45) is 1.09. The molecule has 4 N–H and O–H groups in total. The lowest BCUT2D eigenvalue weighted by Gasteiger charge is -2.37. The average molecular weight is 485 g/mol. The third kappa shape index (κ3) is 4.03. The van der Waals surface area contributed by atoms with Crippen LogP contribution in [0.2, 0.25) is 0 Å². The zero-order chi connectivity index (χ0) is 25.4. The molecule has 3 aromatic rings. The fourth-order valence-electron chi connectivity index (χ4n) is 5.15. The Morgan fingerprint density at radius 2 is 1.69 bits per heavy atom. The Balaban J connectivity index is 1.51. The predicted octanol–water partition coefficient (Wildman–Crippen LogP) is 2.54. The molecular formula is C28H28N4O4. The molecule has 0 bridgehead atoms. The Labute approximate surface area is 209 Å². The second-order valence-corrected chi connectivity index (χ2v) is 9.43. The smallest absolute Gasteiger partial charge is 0.330 e. The highest BCUT2D eigenvalue weighted by Gasteiger charge is 2.50. The molecule has 8 heteroatoms. The Morgan fingerprint density at radius 1 is 1.00 bits per heavy atom. The molecule has 36 heavy (non-hydrogen) atoms. The first-order valence-corrected chi connectivity index (χ1v) is 12.0. The minimum atomic E-state index is -1.56. The van der Waals surface area contributed by atoms with Gasteiger partial charge in [-0.2, -0.15) is 0 Å². The number of benzene rings is 2. The standard InChI is InChI=1S/C28H28N4O4/c1-17(29)22-11-6-12-23(31-22)25(33)32-16-20-9-3-2-8-19(20)15-24(32)26(34)36-28(27(30)35)14-13-18-7-4-5-10-21(18)28/h2-12,17,24H,13-16,29H2,1H3,(H2,30,35). The number of primary amides is 1. The topological polar surface area (TPSA) is 129 Å². The molecule has 1 aliphatic carbocycles. The summed E-state index contributed by atoms with van der Waals surface area (Å²) < 4.78 is 5.97. The Bertz CT molecular complexity index is 1350. The normalized spacial score (nSPS) is 21.3. The van der Waals surface area contributed by atoms with Crippen LogP contribution in [0.15, 0.2) is 66.7 Å². The van der Waals surface area contributed by atoms with Gasteiger partial charge in [0, 0.05) is 31.0 Å². The molecule has 0 fully saturated rings. The number of carbonyl (C=O) groups is 3. The fourth-order valence-corrected chi connectivity index (χ4v) is 5.15. The van der Waals surface area contributed by atoms with E-state index in [0.717, 1.165) is 16.7 Å². The van der Waals surface area contributed by atoms with Crippen LogP contribution in [0.25, 0.3) is 0 Å². The number of hydrogen-bond acceptors (Lipinski definition) is 6. The van der Waals surface area contributed by atoms with Gasteiger partial charge in [-0.1, -0.05) is 54.6 Å². The lowest BCUT2D eigenvalue weighted by atomic mass is 9.92. The number of nitrogens with two attached hydrogens (primary N) is 2. The van der Waals surface area contributed by atoms with Crippen molar-refractivity contribution >= 4 is 17.8 Å². The number of rotatable bonds is 5. The molecule has 1 aliphatic heterocycles. The van der Waals surface area contributed by atoms with Gasteiger partial charge in [0.05, 0.1) is 5.69 Å². The maximum atomic E-state index is 13.7. The van der Waals surface area contributed by atoms with Crippen molar-refractivity contribution in [1.82, 2.24) is 9.88 Å². The number of ether oxygens (including phenoxy) is 1. The van der Waals surface area contributed by atoms with Crippen LogP contribution in [0.4, 0.5) is 0 Å². The van der Waals surface area contributed by atoms with E-state index in [0.29, 0.717) is 17.7 Å². The summed E-state index contributed by atoms with van der Waals surface area (Å²) >= 11 is 0. The van der Waals surface area contributed by atoms with Crippen molar-refractivity contribution in [3.63, 3.8) is 0 Å². The molecule has 3 atom stereocenters. The molecule has 184 valence electrons. The molecule has 0 saturated carbocycles. The van der Waals surface area contributed by atoms with Crippen LogP contribution >= 0.6 is 0 Å². The number of aryl methyl sites for hydroxylation is 1. The van der Waals surface area contributed by atoms with E-state index < -0.39 is 29.4 Å².